The SMILES string of the molecule is COc1ccc(C2C3=CCC4C(=O)N(c5ccc(C)c(Cl)c5)C(=O)C4C3CC3C(=O)N(c4ccc(F)c(Cl)c4)C(=O)C32C)cc1O. The largest absolute Gasteiger partial charge is 0.504 e. The van der Waals surface area contributed by atoms with E-state index in [1.165, 1.54) is 30.2 Å². The van der Waals surface area contributed by atoms with E-state index in [1.54, 1.807) is 37.3 Å². The van der Waals surface area contributed by atoms with Crippen LogP contribution in [-0.2, 0) is 19.2 Å². The number of rotatable bonds is 4. The van der Waals surface area contributed by atoms with Crippen molar-refractivity contribution in [1.82, 2.24) is 0 Å². The second kappa shape index (κ2) is 10.7. The Kier molecular flexibility index (Phi) is 7.06. The number of hydrogen-bond donors (Lipinski definition) is 1. The molecule has 6 unspecified atom stereocenters. The lowest BCUT2D eigenvalue weighted by molar-refractivity contribution is -0.131. The molecule has 2 saturated heterocycles. The molecule has 3 aromatic carbocycles. The number of benzene rings is 3. The van der Waals surface area contributed by atoms with Crippen LogP contribution in [0.5, 0.6) is 11.5 Å². The molecular weight excluding hydrogens is 634 g/mol. The number of phenolic OH excluding ortho intramolecular Hbond substituents is 1. The summed E-state index contributed by atoms with van der Waals surface area (Å²) in [6.07, 6.45) is 2.32. The van der Waals surface area contributed by atoms with Crippen LogP contribution in [-0.4, -0.2) is 35.8 Å². The number of anilines is 2. The average molecular weight is 664 g/mol. The Morgan fingerprint density at radius 2 is 1.59 bits per heavy atom. The zero-order valence-electron chi connectivity index (χ0n) is 25.1. The number of methoxy groups -OCH3 is 1. The summed E-state index contributed by atoms with van der Waals surface area (Å²) in [5, 5.41) is 11.0. The Hall–Kier alpha value is -4.21. The van der Waals surface area contributed by atoms with Crippen LogP contribution in [0, 0.1) is 41.8 Å². The molecule has 2 aliphatic heterocycles. The summed E-state index contributed by atoms with van der Waals surface area (Å²) < 4.78 is 19.3. The van der Waals surface area contributed by atoms with E-state index in [0.29, 0.717) is 16.3 Å². The number of aromatic hydroxyl groups is 1. The number of amides is 4. The molecule has 4 amide bonds. The van der Waals surface area contributed by atoms with Crippen molar-refractivity contribution in [1.29, 1.82) is 0 Å². The Balaban J connectivity index is 1.37. The molecule has 3 fully saturated rings. The van der Waals surface area contributed by atoms with E-state index >= 15 is 0 Å². The van der Waals surface area contributed by atoms with Crippen molar-refractivity contribution in [2.45, 2.75) is 32.6 Å². The third-order valence-corrected chi connectivity index (χ3v) is 11.1. The number of phenols is 1. The maximum atomic E-state index is 14.5. The van der Waals surface area contributed by atoms with Gasteiger partial charge in [-0.2, -0.15) is 0 Å². The van der Waals surface area contributed by atoms with Crippen LogP contribution >= 0.6 is 23.2 Å². The second-order valence-electron chi connectivity index (χ2n) is 12.6. The quantitative estimate of drug-likeness (QED) is 0.250. The molecule has 7 rings (SSSR count). The summed E-state index contributed by atoms with van der Waals surface area (Å²) in [6, 6.07) is 13.6. The average Bonchev–Trinajstić information content (AvgIpc) is 3.39. The lowest BCUT2D eigenvalue weighted by Crippen LogP contribution is -2.48. The van der Waals surface area contributed by atoms with Gasteiger partial charge in [0.15, 0.2) is 11.5 Å². The number of imide groups is 2. The summed E-state index contributed by atoms with van der Waals surface area (Å²) in [5.41, 5.74) is 1.29. The summed E-state index contributed by atoms with van der Waals surface area (Å²) in [6.45, 7) is 3.55. The van der Waals surface area contributed by atoms with E-state index in [9.17, 15) is 28.7 Å². The first-order valence-corrected chi connectivity index (χ1v) is 15.7. The van der Waals surface area contributed by atoms with Gasteiger partial charge in [0.2, 0.25) is 23.6 Å². The minimum Gasteiger partial charge on any atom is -0.504 e. The number of fused-ring (bicyclic) bond motifs is 4. The molecule has 236 valence electrons. The fourth-order valence-electron chi connectivity index (χ4n) is 8.13. The van der Waals surface area contributed by atoms with Gasteiger partial charge in [-0.3, -0.25) is 19.2 Å². The molecule has 0 aromatic heterocycles. The zero-order valence-corrected chi connectivity index (χ0v) is 26.6. The van der Waals surface area contributed by atoms with Gasteiger partial charge in [-0.15, -0.1) is 0 Å². The number of nitrogens with zero attached hydrogens (tertiary/aromatic N) is 2. The van der Waals surface area contributed by atoms with Crippen molar-refractivity contribution in [3.8, 4) is 11.5 Å². The second-order valence-corrected chi connectivity index (χ2v) is 13.5. The highest BCUT2D eigenvalue weighted by Crippen LogP contribution is 2.64. The van der Waals surface area contributed by atoms with E-state index in [4.69, 9.17) is 27.9 Å². The molecule has 0 spiro atoms. The molecule has 0 bridgehead atoms. The van der Waals surface area contributed by atoms with Crippen LogP contribution < -0.4 is 14.5 Å². The van der Waals surface area contributed by atoms with Gasteiger partial charge in [-0.1, -0.05) is 47.0 Å². The van der Waals surface area contributed by atoms with Crippen LogP contribution in [0.25, 0.3) is 0 Å². The van der Waals surface area contributed by atoms with E-state index in [0.717, 1.165) is 22.1 Å². The first-order valence-electron chi connectivity index (χ1n) is 14.9. The van der Waals surface area contributed by atoms with Crippen molar-refractivity contribution < 1.29 is 33.4 Å². The number of allylic oxidation sites excluding steroid dienone is 2. The van der Waals surface area contributed by atoms with Crippen LogP contribution in [0.15, 0.2) is 66.2 Å². The molecular formula is C35H29Cl2FN2O6. The minimum absolute atomic E-state index is 0.137. The molecule has 0 radical (unpaired) electrons. The van der Waals surface area contributed by atoms with E-state index in [-0.39, 0.29) is 46.9 Å². The highest BCUT2D eigenvalue weighted by atomic mass is 35.5. The molecule has 11 heteroatoms. The highest BCUT2D eigenvalue weighted by molar-refractivity contribution is 6.32. The third kappa shape index (κ3) is 4.17. The number of hydrogen-bond acceptors (Lipinski definition) is 6. The van der Waals surface area contributed by atoms with Gasteiger partial charge in [-0.05, 0) is 86.2 Å². The Labute approximate surface area is 274 Å². The van der Waals surface area contributed by atoms with Crippen molar-refractivity contribution in [2.24, 2.45) is 29.1 Å². The fourth-order valence-corrected chi connectivity index (χ4v) is 8.48. The maximum absolute atomic E-state index is 14.5. The van der Waals surface area contributed by atoms with Gasteiger partial charge in [0.05, 0.1) is 46.7 Å². The zero-order chi connectivity index (χ0) is 32.8. The minimum atomic E-state index is -1.34. The number of aryl methyl sites for hydroxylation is 1. The van der Waals surface area contributed by atoms with Crippen molar-refractivity contribution in [2.75, 3.05) is 16.9 Å². The van der Waals surface area contributed by atoms with E-state index in [1.807, 2.05) is 13.0 Å². The molecule has 4 aliphatic rings. The molecule has 46 heavy (non-hydrogen) atoms. The standard InChI is InChI=1S/C35H29Cl2FN2O6/c1-16-4-6-18(13-24(16)36)39-31(42)21-9-8-20-22(29(21)33(39)44)15-23-32(43)40(19-7-10-26(38)25(37)14-19)34(45)35(23,2)30(20)17-5-11-28(46-3)27(41)12-17/h4-8,10-14,21-23,29-30,41H,9,15H2,1-3H3. The molecule has 2 aliphatic carbocycles. The Morgan fingerprint density at radius 1 is 0.891 bits per heavy atom. The summed E-state index contributed by atoms with van der Waals surface area (Å²) in [5.74, 6) is -5.96. The number of ether oxygens (including phenoxy) is 1. The van der Waals surface area contributed by atoms with Crippen LogP contribution in [0.2, 0.25) is 10.0 Å². The Bertz CT molecular complexity index is 1910. The van der Waals surface area contributed by atoms with E-state index < -0.39 is 52.6 Å². The van der Waals surface area contributed by atoms with Gasteiger partial charge in [0.1, 0.15) is 5.82 Å². The smallest absolute Gasteiger partial charge is 0.241 e. The van der Waals surface area contributed by atoms with Crippen LogP contribution in [0.1, 0.15) is 36.8 Å². The van der Waals surface area contributed by atoms with Gasteiger partial charge in [0, 0.05) is 10.9 Å². The monoisotopic (exact) mass is 662 g/mol. The van der Waals surface area contributed by atoms with Gasteiger partial charge in [-0.25, -0.2) is 14.2 Å². The first kappa shape index (κ1) is 30.4. The molecule has 3 aromatic rings. The van der Waals surface area contributed by atoms with Crippen molar-refractivity contribution >= 4 is 58.2 Å². The van der Waals surface area contributed by atoms with Gasteiger partial charge >= 0.3 is 0 Å². The van der Waals surface area contributed by atoms with Crippen molar-refractivity contribution in [3.05, 3.63) is 93.2 Å². The number of carbonyl (C=O) groups excluding carboxylic acids is 4. The number of carbonyl (C=O) groups is 4. The van der Waals surface area contributed by atoms with Gasteiger partial charge < -0.3 is 9.84 Å². The summed E-state index contributed by atoms with van der Waals surface area (Å²) >= 11 is 12.4. The topological polar surface area (TPSA) is 104 Å². The molecule has 2 heterocycles. The summed E-state index contributed by atoms with van der Waals surface area (Å²) in [7, 11) is 1.42. The maximum Gasteiger partial charge on any atom is 0.241 e. The lowest BCUT2D eigenvalue weighted by atomic mass is 9.51. The molecule has 1 N–H and O–H groups in total. The normalized spacial score (nSPS) is 28.7. The highest BCUT2D eigenvalue weighted by Gasteiger charge is 2.67. The summed E-state index contributed by atoms with van der Waals surface area (Å²) in [4.78, 5) is 59.0. The lowest BCUT2D eigenvalue weighted by Gasteiger charge is -2.49. The first-order chi connectivity index (χ1) is 21.9. The van der Waals surface area contributed by atoms with E-state index in [2.05, 4.69) is 0 Å². The Morgan fingerprint density at radius 3 is 2.26 bits per heavy atom. The molecule has 6 atom stereocenters. The van der Waals surface area contributed by atoms with Crippen molar-refractivity contribution in [3.63, 3.8) is 0 Å². The predicted molar refractivity (Wildman–Crippen MR) is 169 cm³/mol. The fraction of sp³-hybridized carbons (Fsp3) is 0.314. The van der Waals surface area contributed by atoms with Gasteiger partial charge in [0.25, 0.3) is 0 Å². The molecule has 8 nitrogen and oxygen atoms in total. The predicted octanol–water partition coefficient (Wildman–Crippen LogP) is 6.59. The molecule has 1 saturated carbocycles. The van der Waals surface area contributed by atoms with Crippen LogP contribution in [0.4, 0.5) is 15.8 Å². The van der Waals surface area contributed by atoms with Crippen LogP contribution in [0.3, 0.4) is 0 Å². The third-order valence-electron chi connectivity index (χ3n) is 10.4. The number of halogens is 3.